The van der Waals surface area contributed by atoms with Gasteiger partial charge in [-0.2, -0.15) is 4.31 Å². The van der Waals surface area contributed by atoms with Gasteiger partial charge in [-0.15, -0.1) is 0 Å². The normalized spacial score (nSPS) is 14.5. The van der Waals surface area contributed by atoms with Crippen LogP contribution in [0.3, 0.4) is 0 Å². The summed E-state index contributed by atoms with van der Waals surface area (Å²) in [7, 11) is -3.57. The standard InChI is InChI=1S/C23H23N3O4S/c1-16-23(24-17(2)27)22(30-25-16)12-9-18-7-10-21(11-8-18)31(28,29)26-14-13-19-5-3-4-6-20(19)15-26/h3-12H,13-15H2,1-2H3,(H,24,27)/b12-9-. The molecule has 0 aliphatic carbocycles. The summed E-state index contributed by atoms with van der Waals surface area (Å²) < 4.78 is 32.9. The van der Waals surface area contributed by atoms with E-state index in [1.807, 2.05) is 24.3 Å². The number of sulfonamides is 1. The molecule has 2 aromatic carbocycles. The maximum atomic E-state index is 13.1. The average Bonchev–Trinajstić information content (AvgIpc) is 3.11. The molecule has 1 aliphatic heterocycles. The van der Waals surface area contributed by atoms with Crippen molar-refractivity contribution in [1.82, 2.24) is 9.46 Å². The summed E-state index contributed by atoms with van der Waals surface area (Å²) in [6.45, 7) is 4.01. The molecular weight excluding hydrogens is 414 g/mol. The molecule has 0 fully saturated rings. The van der Waals surface area contributed by atoms with Crippen LogP contribution in [0, 0.1) is 6.92 Å². The SMILES string of the molecule is CC(=O)Nc1c(C)noc1/C=C\c1ccc(S(=O)(=O)N2CCc3ccccc3C2)cc1. The van der Waals surface area contributed by atoms with E-state index in [1.165, 1.54) is 16.8 Å². The number of aryl methyl sites for hydroxylation is 1. The second-order valence-electron chi connectivity index (χ2n) is 7.45. The average molecular weight is 438 g/mol. The fraction of sp³-hybridized carbons (Fsp3) is 0.217. The molecule has 0 saturated carbocycles. The van der Waals surface area contributed by atoms with Gasteiger partial charge in [0.25, 0.3) is 0 Å². The first-order valence-corrected chi connectivity index (χ1v) is 11.4. The highest BCUT2D eigenvalue weighted by Crippen LogP contribution is 2.26. The van der Waals surface area contributed by atoms with E-state index in [1.54, 1.807) is 43.3 Å². The van der Waals surface area contributed by atoms with E-state index < -0.39 is 10.0 Å². The minimum atomic E-state index is -3.57. The van der Waals surface area contributed by atoms with E-state index in [2.05, 4.69) is 10.5 Å². The smallest absolute Gasteiger partial charge is 0.243 e. The molecule has 1 aliphatic rings. The number of amides is 1. The Labute approximate surface area is 181 Å². The minimum absolute atomic E-state index is 0.212. The fourth-order valence-corrected chi connectivity index (χ4v) is 4.99. The van der Waals surface area contributed by atoms with Crippen molar-refractivity contribution >= 4 is 33.8 Å². The van der Waals surface area contributed by atoms with Crippen LogP contribution in [0.4, 0.5) is 5.69 Å². The molecule has 1 N–H and O–H groups in total. The Morgan fingerprint density at radius 3 is 2.52 bits per heavy atom. The minimum Gasteiger partial charge on any atom is -0.354 e. The molecule has 0 spiro atoms. The van der Waals surface area contributed by atoms with Crippen molar-refractivity contribution in [2.75, 3.05) is 11.9 Å². The molecule has 1 aromatic heterocycles. The fourth-order valence-electron chi connectivity index (χ4n) is 3.58. The highest BCUT2D eigenvalue weighted by Gasteiger charge is 2.28. The van der Waals surface area contributed by atoms with Crippen molar-refractivity contribution in [1.29, 1.82) is 0 Å². The van der Waals surface area contributed by atoms with Gasteiger partial charge in [0.2, 0.25) is 15.9 Å². The molecule has 8 heteroatoms. The Bertz CT molecular complexity index is 1240. The lowest BCUT2D eigenvalue weighted by Crippen LogP contribution is -2.35. The Kier molecular flexibility index (Phi) is 5.75. The zero-order valence-electron chi connectivity index (χ0n) is 17.3. The summed E-state index contributed by atoms with van der Waals surface area (Å²) in [6, 6.07) is 14.6. The highest BCUT2D eigenvalue weighted by molar-refractivity contribution is 7.89. The van der Waals surface area contributed by atoms with E-state index in [9.17, 15) is 13.2 Å². The van der Waals surface area contributed by atoms with Crippen LogP contribution in [-0.4, -0.2) is 30.3 Å². The summed E-state index contributed by atoms with van der Waals surface area (Å²) in [5.41, 5.74) is 4.16. The van der Waals surface area contributed by atoms with Gasteiger partial charge < -0.3 is 9.84 Å². The number of benzene rings is 2. The summed E-state index contributed by atoms with van der Waals surface area (Å²) >= 11 is 0. The largest absolute Gasteiger partial charge is 0.354 e. The topological polar surface area (TPSA) is 92.5 Å². The Balaban J connectivity index is 1.51. The van der Waals surface area contributed by atoms with Gasteiger partial charge in [-0.3, -0.25) is 4.79 Å². The molecule has 0 unspecified atom stereocenters. The van der Waals surface area contributed by atoms with Gasteiger partial charge in [-0.25, -0.2) is 8.42 Å². The van der Waals surface area contributed by atoms with Gasteiger partial charge >= 0.3 is 0 Å². The maximum absolute atomic E-state index is 13.1. The summed E-state index contributed by atoms with van der Waals surface area (Å²) in [5, 5.41) is 6.57. The highest BCUT2D eigenvalue weighted by atomic mass is 32.2. The molecular formula is C23H23N3O4S. The van der Waals surface area contributed by atoms with Crippen molar-refractivity contribution in [2.45, 2.75) is 31.7 Å². The van der Waals surface area contributed by atoms with Gasteiger partial charge in [0.15, 0.2) is 5.76 Å². The van der Waals surface area contributed by atoms with Crippen molar-refractivity contribution in [3.63, 3.8) is 0 Å². The molecule has 160 valence electrons. The van der Waals surface area contributed by atoms with Crippen molar-refractivity contribution in [3.05, 3.63) is 76.7 Å². The third kappa shape index (κ3) is 4.45. The van der Waals surface area contributed by atoms with Crippen LogP contribution in [0.2, 0.25) is 0 Å². The Hall–Kier alpha value is -3.23. The zero-order valence-corrected chi connectivity index (χ0v) is 18.1. The van der Waals surface area contributed by atoms with Gasteiger partial charge in [0.1, 0.15) is 11.4 Å². The van der Waals surface area contributed by atoms with Crippen LogP contribution in [0.1, 0.15) is 35.1 Å². The van der Waals surface area contributed by atoms with Crippen LogP contribution >= 0.6 is 0 Å². The lowest BCUT2D eigenvalue weighted by atomic mass is 10.0. The maximum Gasteiger partial charge on any atom is 0.243 e. The van der Waals surface area contributed by atoms with Crippen LogP contribution in [0.5, 0.6) is 0 Å². The van der Waals surface area contributed by atoms with Crippen LogP contribution < -0.4 is 5.32 Å². The van der Waals surface area contributed by atoms with Gasteiger partial charge in [0.05, 0.1) is 4.90 Å². The predicted octanol–water partition coefficient (Wildman–Crippen LogP) is 3.86. The van der Waals surface area contributed by atoms with E-state index in [0.29, 0.717) is 36.7 Å². The molecule has 4 rings (SSSR count). The predicted molar refractivity (Wildman–Crippen MR) is 119 cm³/mol. The van der Waals surface area contributed by atoms with Gasteiger partial charge in [-0.1, -0.05) is 47.6 Å². The Morgan fingerprint density at radius 2 is 1.81 bits per heavy atom. The van der Waals surface area contributed by atoms with Crippen molar-refractivity contribution < 1.29 is 17.7 Å². The van der Waals surface area contributed by atoms with Gasteiger partial charge in [-0.05, 0) is 48.2 Å². The quantitative estimate of drug-likeness (QED) is 0.654. The summed E-state index contributed by atoms with van der Waals surface area (Å²) in [4.78, 5) is 11.6. The molecule has 7 nitrogen and oxygen atoms in total. The van der Waals surface area contributed by atoms with Crippen molar-refractivity contribution in [3.8, 4) is 0 Å². The second kappa shape index (κ2) is 8.49. The van der Waals surface area contributed by atoms with Crippen LogP contribution in [0.25, 0.3) is 12.2 Å². The van der Waals surface area contributed by atoms with Crippen molar-refractivity contribution in [2.24, 2.45) is 0 Å². The Morgan fingerprint density at radius 1 is 1.10 bits per heavy atom. The molecule has 31 heavy (non-hydrogen) atoms. The molecule has 0 bridgehead atoms. The van der Waals surface area contributed by atoms with Crippen LogP contribution in [-0.2, 0) is 27.8 Å². The third-order valence-electron chi connectivity index (χ3n) is 5.23. The lowest BCUT2D eigenvalue weighted by Gasteiger charge is -2.28. The summed E-state index contributed by atoms with van der Waals surface area (Å²) in [6.07, 6.45) is 4.18. The number of carbonyl (C=O) groups is 1. The van der Waals surface area contributed by atoms with E-state index in [0.717, 1.165) is 11.1 Å². The lowest BCUT2D eigenvalue weighted by molar-refractivity contribution is -0.114. The monoisotopic (exact) mass is 437 g/mol. The first kappa shape index (κ1) is 21.0. The second-order valence-corrected chi connectivity index (χ2v) is 9.39. The first-order valence-electron chi connectivity index (χ1n) is 9.93. The number of rotatable bonds is 5. The molecule has 0 atom stereocenters. The molecule has 1 amide bonds. The van der Waals surface area contributed by atoms with E-state index in [-0.39, 0.29) is 10.8 Å². The number of carbonyl (C=O) groups excluding carboxylic acids is 1. The molecule has 2 heterocycles. The van der Waals surface area contributed by atoms with Crippen LogP contribution in [0.15, 0.2) is 57.9 Å². The van der Waals surface area contributed by atoms with Gasteiger partial charge in [0, 0.05) is 20.0 Å². The van der Waals surface area contributed by atoms with E-state index in [4.69, 9.17) is 4.52 Å². The number of fused-ring (bicyclic) bond motifs is 1. The first-order chi connectivity index (χ1) is 14.8. The number of aromatic nitrogens is 1. The number of hydrogen-bond donors (Lipinski definition) is 1. The number of anilines is 1. The number of hydrogen-bond acceptors (Lipinski definition) is 5. The third-order valence-corrected chi connectivity index (χ3v) is 7.09. The summed E-state index contributed by atoms with van der Waals surface area (Å²) in [5.74, 6) is 0.215. The molecule has 3 aromatic rings. The molecule has 0 saturated heterocycles. The molecule has 0 radical (unpaired) electrons. The number of nitrogens with one attached hydrogen (secondary N) is 1. The number of nitrogens with zero attached hydrogens (tertiary/aromatic N) is 2. The van der Waals surface area contributed by atoms with E-state index >= 15 is 0 Å². The zero-order chi connectivity index (χ0) is 22.0.